The Kier molecular flexibility index (Phi) is 5.74. The van der Waals surface area contributed by atoms with Crippen LogP contribution in [-0.2, 0) is 11.2 Å². The molecule has 0 atom stereocenters. The van der Waals surface area contributed by atoms with E-state index in [0.717, 1.165) is 24.2 Å². The maximum absolute atomic E-state index is 10.7. The minimum Gasteiger partial charge on any atom is -0.288 e. The van der Waals surface area contributed by atoms with Crippen molar-refractivity contribution in [2.45, 2.75) is 26.7 Å². The fourth-order valence-corrected chi connectivity index (χ4v) is 1.77. The second kappa shape index (κ2) is 7.14. The smallest absolute Gasteiger partial charge is 0.185 e. The lowest BCUT2D eigenvalue weighted by atomic mass is 10.1. The largest absolute Gasteiger partial charge is 0.288 e. The molecule has 0 unspecified atom stereocenters. The first-order chi connectivity index (χ1) is 7.72. The molecule has 0 radical (unpaired) electrons. The van der Waals surface area contributed by atoms with Gasteiger partial charge in [-0.05, 0) is 24.1 Å². The van der Waals surface area contributed by atoms with E-state index >= 15 is 0 Å². The summed E-state index contributed by atoms with van der Waals surface area (Å²) >= 11 is 1.33. The molecule has 84 valence electrons. The van der Waals surface area contributed by atoms with Gasteiger partial charge in [-0.1, -0.05) is 42.7 Å². The molecule has 0 amide bonds. The zero-order chi connectivity index (χ0) is 11.8. The molecule has 0 aliphatic carbocycles. The van der Waals surface area contributed by atoms with Gasteiger partial charge in [0.1, 0.15) is 0 Å². The number of carbonyl (C=O) groups is 1. The first-order valence-electron chi connectivity index (χ1n) is 5.43. The number of rotatable bonds is 3. The third-order valence-electron chi connectivity index (χ3n) is 2.10. The van der Waals surface area contributed by atoms with Crippen molar-refractivity contribution in [3.8, 4) is 11.8 Å². The van der Waals surface area contributed by atoms with Gasteiger partial charge in [-0.25, -0.2) is 0 Å². The average molecular weight is 232 g/mol. The second-order valence-electron chi connectivity index (χ2n) is 3.45. The Labute approximate surface area is 102 Å². The van der Waals surface area contributed by atoms with Crippen LogP contribution in [0.3, 0.4) is 0 Å². The molecule has 0 spiro atoms. The van der Waals surface area contributed by atoms with E-state index in [1.54, 1.807) is 6.92 Å². The summed E-state index contributed by atoms with van der Waals surface area (Å²) in [5.74, 6) is 6.99. The molecule has 0 fully saturated rings. The van der Waals surface area contributed by atoms with Gasteiger partial charge in [0, 0.05) is 24.7 Å². The SMILES string of the molecule is CCc1cccc(C#CCCSC(C)=O)c1. The summed E-state index contributed by atoms with van der Waals surface area (Å²) in [6.07, 6.45) is 1.80. The van der Waals surface area contributed by atoms with Crippen LogP contribution in [0, 0.1) is 11.8 Å². The number of hydrogen-bond donors (Lipinski definition) is 0. The van der Waals surface area contributed by atoms with E-state index in [0.29, 0.717) is 0 Å². The Morgan fingerprint density at radius 3 is 2.94 bits per heavy atom. The van der Waals surface area contributed by atoms with E-state index < -0.39 is 0 Å². The van der Waals surface area contributed by atoms with Crippen LogP contribution in [0.15, 0.2) is 24.3 Å². The summed E-state index contributed by atoms with van der Waals surface area (Å²) in [6.45, 7) is 3.72. The highest BCUT2D eigenvalue weighted by Gasteiger charge is 1.92. The van der Waals surface area contributed by atoms with E-state index in [1.807, 2.05) is 12.1 Å². The van der Waals surface area contributed by atoms with Crippen LogP contribution in [0.25, 0.3) is 0 Å². The molecule has 1 rings (SSSR count). The van der Waals surface area contributed by atoms with Crippen molar-refractivity contribution >= 4 is 16.9 Å². The normalized spacial score (nSPS) is 9.38. The standard InChI is InChI=1S/C14H16OS/c1-3-13-8-6-9-14(11-13)7-4-5-10-16-12(2)15/h6,8-9,11H,3,5,10H2,1-2H3. The fraction of sp³-hybridized carbons (Fsp3) is 0.357. The second-order valence-corrected chi connectivity index (χ2v) is 4.72. The number of hydrogen-bond acceptors (Lipinski definition) is 2. The Balaban J connectivity index is 2.46. The molecule has 0 aliphatic rings. The lowest BCUT2D eigenvalue weighted by Crippen LogP contribution is -1.84. The molecule has 0 N–H and O–H groups in total. The van der Waals surface area contributed by atoms with E-state index in [9.17, 15) is 4.79 Å². The van der Waals surface area contributed by atoms with Crippen molar-refractivity contribution in [2.24, 2.45) is 0 Å². The number of benzene rings is 1. The first-order valence-corrected chi connectivity index (χ1v) is 6.42. The zero-order valence-corrected chi connectivity index (χ0v) is 10.6. The molecule has 16 heavy (non-hydrogen) atoms. The predicted octanol–water partition coefficient (Wildman–Crippen LogP) is 3.27. The third kappa shape index (κ3) is 5.04. The number of thioether (sulfide) groups is 1. The van der Waals surface area contributed by atoms with Crippen molar-refractivity contribution < 1.29 is 4.79 Å². The lowest BCUT2D eigenvalue weighted by Gasteiger charge is -1.95. The molecule has 1 aromatic carbocycles. The molecule has 1 aromatic rings. The van der Waals surface area contributed by atoms with Crippen LogP contribution in [0.4, 0.5) is 0 Å². The summed E-state index contributed by atoms with van der Waals surface area (Å²) in [7, 11) is 0. The van der Waals surface area contributed by atoms with Crippen molar-refractivity contribution in [2.75, 3.05) is 5.75 Å². The van der Waals surface area contributed by atoms with Gasteiger partial charge in [-0.2, -0.15) is 0 Å². The molecule has 0 saturated heterocycles. The zero-order valence-electron chi connectivity index (χ0n) is 9.75. The summed E-state index contributed by atoms with van der Waals surface area (Å²) in [4.78, 5) is 10.7. The summed E-state index contributed by atoms with van der Waals surface area (Å²) in [5.41, 5.74) is 2.37. The molecular formula is C14H16OS. The summed E-state index contributed by atoms with van der Waals surface area (Å²) in [5, 5.41) is 0.162. The quantitative estimate of drug-likeness (QED) is 0.587. The third-order valence-corrected chi connectivity index (χ3v) is 2.92. The number of carbonyl (C=O) groups excluding carboxylic acids is 1. The van der Waals surface area contributed by atoms with Gasteiger partial charge in [0.25, 0.3) is 0 Å². The van der Waals surface area contributed by atoms with Crippen molar-refractivity contribution in [3.63, 3.8) is 0 Å². The molecule has 2 heteroatoms. The van der Waals surface area contributed by atoms with E-state index in [1.165, 1.54) is 17.3 Å². The molecule has 0 heterocycles. The molecule has 0 aromatic heterocycles. The van der Waals surface area contributed by atoms with Gasteiger partial charge in [-0.15, -0.1) is 0 Å². The van der Waals surface area contributed by atoms with E-state index in [2.05, 4.69) is 30.9 Å². The maximum atomic E-state index is 10.7. The van der Waals surface area contributed by atoms with Crippen LogP contribution in [0.5, 0.6) is 0 Å². The van der Waals surface area contributed by atoms with Gasteiger partial charge in [0.05, 0.1) is 0 Å². The Hall–Kier alpha value is -1.20. The van der Waals surface area contributed by atoms with Crippen molar-refractivity contribution in [1.82, 2.24) is 0 Å². The summed E-state index contributed by atoms with van der Waals surface area (Å²) < 4.78 is 0. The Bertz CT molecular complexity index is 412. The van der Waals surface area contributed by atoms with Gasteiger partial charge < -0.3 is 0 Å². The monoisotopic (exact) mass is 232 g/mol. The van der Waals surface area contributed by atoms with Gasteiger partial charge in [-0.3, -0.25) is 4.79 Å². The molecule has 0 bridgehead atoms. The first kappa shape index (κ1) is 12.9. The topological polar surface area (TPSA) is 17.1 Å². The van der Waals surface area contributed by atoms with Crippen LogP contribution < -0.4 is 0 Å². The van der Waals surface area contributed by atoms with Gasteiger partial charge in [0.15, 0.2) is 5.12 Å². The minimum atomic E-state index is 0.162. The lowest BCUT2D eigenvalue weighted by molar-refractivity contribution is -0.109. The van der Waals surface area contributed by atoms with Gasteiger partial charge >= 0.3 is 0 Å². The van der Waals surface area contributed by atoms with Crippen molar-refractivity contribution in [3.05, 3.63) is 35.4 Å². The van der Waals surface area contributed by atoms with Crippen LogP contribution >= 0.6 is 11.8 Å². The van der Waals surface area contributed by atoms with Gasteiger partial charge in [0.2, 0.25) is 0 Å². The molecule has 0 aliphatic heterocycles. The van der Waals surface area contributed by atoms with Crippen molar-refractivity contribution in [1.29, 1.82) is 0 Å². The minimum absolute atomic E-state index is 0.162. The maximum Gasteiger partial charge on any atom is 0.185 e. The Morgan fingerprint density at radius 1 is 1.44 bits per heavy atom. The Morgan fingerprint density at radius 2 is 2.25 bits per heavy atom. The average Bonchev–Trinajstić information content (AvgIpc) is 2.28. The highest BCUT2D eigenvalue weighted by atomic mass is 32.2. The predicted molar refractivity (Wildman–Crippen MR) is 70.5 cm³/mol. The fourth-order valence-electron chi connectivity index (χ4n) is 1.28. The number of aryl methyl sites for hydroxylation is 1. The van der Waals surface area contributed by atoms with Crippen LogP contribution in [-0.4, -0.2) is 10.9 Å². The highest BCUT2D eigenvalue weighted by molar-refractivity contribution is 8.13. The summed E-state index contributed by atoms with van der Waals surface area (Å²) in [6, 6.07) is 8.28. The van der Waals surface area contributed by atoms with E-state index in [4.69, 9.17) is 0 Å². The molecular weight excluding hydrogens is 216 g/mol. The highest BCUT2D eigenvalue weighted by Crippen LogP contribution is 2.05. The van der Waals surface area contributed by atoms with E-state index in [-0.39, 0.29) is 5.12 Å². The molecule has 1 nitrogen and oxygen atoms in total. The van der Waals surface area contributed by atoms with Crippen LogP contribution in [0.2, 0.25) is 0 Å². The van der Waals surface area contributed by atoms with Crippen LogP contribution in [0.1, 0.15) is 31.4 Å². The molecule has 0 saturated carbocycles.